The van der Waals surface area contributed by atoms with Crippen molar-refractivity contribution in [1.29, 1.82) is 0 Å². The zero-order chi connectivity index (χ0) is 13.5. The molecule has 102 valence electrons. The third kappa shape index (κ3) is 4.16. The van der Waals surface area contributed by atoms with Crippen molar-refractivity contribution in [1.82, 2.24) is 5.32 Å². The Hall–Kier alpha value is -0.770. The Morgan fingerprint density at radius 1 is 1.28 bits per heavy atom. The average molecular weight is 272 g/mol. The van der Waals surface area contributed by atoms with Crippen LogP contribution in [0, 0.1) is 0 Å². The van der Waals surface area contributed by atoms with E-state index in [4.69, 9.17) is 21.1 Å². The Labute approximate surface area is 114 Å². The zero-order valence-corrected chi connectivity index (χ0v) is 12.3. The van der Waals surface area contributed by atoms with Gasteiger partial charge in [0.25, 0.3) is 0 Å². The molecule has 3 nitrogen and oxygen atoms in total. The van der Waals surface area contributed by atoms with Gasteiger partial charge in [-0.05, 0) is 45.0 Å². The SMILES string of the molecule is CNC(CCC(C)OC)c1cc(Cl)ccc1OC. The first-order chi connectivity index (χ1) is 8.62. The van der Waals surface area contributed by atoms with Crippen LogP contribution in [0.25, 0.3) is 0 Å². The van der Waals surface area contributed by atoms with Crippen LogP contribution in [-0.2, 0) is 4.74 Å². The Kier molecular flexibility index (Phi) is 6.47. The molecule has 0 saturated heterocycles. The molecular weight excluding hydrogens is 250 g/mol. The van der Waals surface area contributed by atoms with Crippen LogP contribution in [0.5, 0.6) is 5.75 Å². The largest absolute Gasteiger partial charge is 0.496 e. The summed E-state index contributed by atoms with van der Waals surface area (Å²) in [4.78, 5) is 0. The lowest BCUT2D eigenvalue weighted by Gasteiger charge is -2.21. The van der Waals surface area contributed by atoms with Crippen molar-refractivity contribution >= 4 is 11.6 Å². The van der Waals surface area contributed by atoms with E-state index in [1.807, 2.05) is 25.2 Å². The molecule has 0 amide bonds. The molecule has 0 aliphatic carbocycles. The summed E-state index contributed by atoms with van der Waals surface area (Å²) in [6, 6.07) is 5.92. The van der Waals surface area contributed by atoms with Crippen LogP contribution in [-0.4, -0.2) is 27.4 Å². The molecule has 0 fully saturated rings. The molecule has 0 spiro atoms. The summed E-state index contributed by atoms with van der Waals surface area (Å²) >= 11 is 6.06. The number of methoxy groups -OCH3 is 2. The second-order valence-electron chi connectivity index (χ2n) is 4.35. The normalized spacial score (nSPS) is 14.3. The molecular formula is C14H22ClNO2. The molecule has 0 heterocycles. The summed E-state index contributed by atoms with van der Waals surface area (Å²) < 4.78 is 10.7. The van der Waals surface area contributed by atoms with Gasteiger partial charge >= 0.3 is 0 Å². The molecule has 2 atom stereocenters. The minimum Gasteiger partial charge on any atom is -0.496 e. The smallest absolute Gasteiger partial charge is 0.123 e. The van der Waals surface area contributed by atoms with Crippen LogP contribution in [0.1, 0.15) is 31.4 Å². The number of hydrogen-bond donors (Lipinski definition) is 1. The van der Waals surface area contributed by atoms with Gasteiger partial charge in [0.1, 0.15) is 5.75 Å². The molecule has 1 aromatic carbocycles. The number of nitrogens with one attached hydrogen (secondary N) is 1. The van der Waals surface area contributed by atoms with Gasteiger partial charge < -0.3 is 14.8 Å². The molecule has 0 aromatic heterocycles. The lowest BCUT2D eigenvalue weighted by atomic mass is 9.99. The summed E-state index contributed by atoms with van der Waals surface area (Å²) in [5.41, 5.74) is 1.09. The monoisotopic (exact) mass is 271 g/mol. The Morgan fingerprint density at radius 2 is 2.00 bits per heavy atom. The number of benzene rings is 1. The van der Waals surface area contributed by atoms with Crippen molar-refractivity contribution in [3.05, 3.63) is 28.8 Å². The first-order valence-electron chi connectivity index (χ1n) is 6.15. The maximum absolute atomic E-state index is 6.06. The van der Waals surface area contributed by atoms with E-state index in [-0.39, 0.29) is 12.1 Å². The standard InChI is InChI=1S/C14H22ClNO2/c1-10(17-3)5-7-13(16-2)12-9-11(15)6-8-14(12)18-4/h6,8-10,13,16H,5,7H2,1-4H3. The quantitative estimate of drug-likeness (QED) is 0.824. The second-order valence-corrected chi connectivity index (χ2v) is 4.79. The Balaban J connectivity index is 2.83. The number of hydrogen-bond acceptors (Lipinski definition) is 3. The van der Waals surface area contributed by atoms with Gasteiger partial charge in [0.05, 0.1) is 13.2 Å². The number of rotatable bonds is 7. The fourth-order valence-corrected chi connectivity index (χ4v) is 2.13. The molecule has 0 radical (unpaired) electrons. The number of ether oxygens (including phenoxy) is 2. The maximum Gasteiger partial charge on any atom is 0.123 e. The lowest BCUT2D eigenvalue weighted by Crippen LogP contribution is -2.19. The first-order valence-corrected chi connectivity index (χ1v) is 6.53. The lowest BCUT2D eigenvalue weighted by molar-refractivity contribution is 0.106. The van der Waals surface area contributed by atoms with Crippen LogP contribution >= 0.6 is 11.6 Å². The molecule has 0 saturated carbocycles. The van der Waals surface area contributed by atoms with Crippen molar-refractivity contribution in [2.45, 2.75) is 31.9 Å². The van der Waals surface area contributed by atoms with E-state index >= 15 is 0 Å². The third-order valence-electron chi connectivity index (χ3n) is 3.18. The van der Waals surface area contributed by atoms with E-state index < -0.39 is 0 Å². The van der Waals surface area contributed by atoms with Crippen LogP contribution in [0.4, 0.5) is 0 Å². The maximum atomic E-state index is 6.06. The summed E-state index contributed by atoms with van der Waals surface area (Å²) in [7, 11) is 5.36. The zero-order valence-electron chi connectivity index (χ0n) is 11.5. The van der Waals surface area contributed by atoms with Crippen molar-refractivity contribution in [2.24, 2.45) is 0 Å². The predicted molar refractivity (Wildman–Crippen MR) is 75.5 cm³/mol. The summed E-state index contributed by atoms with van der Waals surface area (Å²) in [5.74, 6) is 0.865. The highest BCUT2D eigenvalue weighted by Crippen LogP contribution is 2.31. The fourth-order valence-electron chi connectivity index (χ4n) is 1.95. The predicted octanol–water partition coefficient (Wildman–Crippen LogP) is 3.42. The summed E-state index contributed by atoms with van der Waals surface area (Å²) in [6.07, 6.45) is 2.21. The minimum absolute atomic E-state index is 0.219. The van der Waals surface area contributed by atoms with Gasteiger partial charge in [0.2, 0.25) is 0 Å². The van der Waals surface area contributed by atoms with Crippen molar-refractivity contribution in [3.63, 3.8) is 0 Å². The van der Waals surface area contributed by atoms with Gasteiger partial charge in [-0.3, -0.25) is 0 Å². The van der Waals surface area contributed by atoms with Gasteiger partial charge in [-0.1, -0.05) is 11.6 Å². The topological polar surface area (TPSA) is 30.5 Å². The van der Waals surface area contributed by atoms with Crippen LogP contribution in [0.15, 0.2) is 18.2 Å². The van der Waals surface area contributed by atoms with Crippen LogP contribution in [0.2, 0.25) is 5.02 Å². The summed E-state index contributed by atoms with van der Waals surface area (Å²) in [6.45, 7) is 2.07. The number of halogens is 1. The van der Waals surface area contributed by atoms with Gasteiger partial charge in [0.15, 0.2) is 0 Å². The van der Waals surface area contributed by atoms with Crippen molar-refractivity contribution in [2.75, 3.05) is 21.3 Å². The highest BCUT2D eigenvalue weighted by atomic mass is 35.5. The van der Waals surface area contributed by atoms with Gasteiger partial charge in [-0.15, -0.1) is 0 Å². The highest BCUT2D eigenvalue weighted by Gasteiger charge is 2.16. The van der Waals surface area contributed by atoms with Gasteiger partial charge in [-0.25, -0.2) is 0 Å². The Bertz CT molecular complexity index is 371. The van der Waals surface area contributed by atoms with Crippen LogP contribution in [0.3, 0.4) is 0 Å². The van der Waals surface area contributed by atoms with E-state index in [1.165, 1.54) is 0 Å². The van der Waals surface area contributed by atoms with Gasteiger partial charge in [0, 0.05) is 23.7 Å². The molecule has 0 aliphatic rings. The van der Waals surface area contributed by atoms with Crippen molar-refractivity contribution < 1.29 is 9.47 Å². The van der Waals surface area contributed by atoms with E-state index in [0.717, 1.165) is 29.2 Å². The molecule has 2 unspecified atom stereocenters. The third-order valence-corrected chi connectivity index (χ3v) is 3.41. The molecule has 18 heavy (non-hydrogen) atoms. The minimum atomic E-state index is 0.219. The average Bonchev–Trinajstić information content (AvgIpc) is 2.39. The molecule has 0 aliphatic heterocycles. The Morgan fingerprint density at radius 3 is 2.56 bits per heavy atom. The molecule has 1 aromatic rings. The molecule has 0 bridgehead atoms. The molecule has 1 rings (SSSR count). The highest BCUT2D eigenvalue weighted by molar-refractivity contribution is 6.30. The second kappa shape index (κ2) is 7.62. The van der Waals surface area contributed by atoms with Gasteiger partial charge in [-0.2, -0.15) is 0 Å². The molecule has 4 heteroatoms. The van der Waals surface area contributed by atoms with E-state index in [0.29, 0.717) is 0 Å². The van der Waals surface area contributed by atoms with Crippen molar-refractivity contribution in [3.8, 4) is 5.75 Å². The van der Waals surface area contributed by atoms with E-state index in [2.05, 4.69) is 12.2 Å². The summed E-state index contributed by atoms with van der Waals surface area (Å²) in [5, 5.41) is 4.03. The molecule has 1 N–H and O–H groups in total. The first kappa shape index (κ1) is 15.3. The fraction of sp³-hybridized carbons (Fsp3) is 0.571. The van der Waals surface area contributed by atoms with E-state index in [1.54, 1.807) is 14.2 Å². The van der Waals surface area contributed by atoms with Crippen LogP contribution < -0.4 is 10.1 Å². The van der Waals surface area contributed by atoms with E-state index in [9.17, 15) is 0 Å².